The molecule has 0 spiro atoms. The number of ether oxygens (including phenoxy) is 1. The molecule has 1 atom stereocenters. The number of amides is 1. The quantitative estimate of drug-likeness (QED) is 0.666. The van der Waals surface area contributed by atoms with Crippen molar-refractivity contribution in [3.05, 3.63) is 9.77 Å². The molecule has 1 aliphatic rings. The summed E-state index contributed by atoms with van der Waals surface area (Å²) in [7, 11) is 0. The first-order valence-corrected chi connectivity index (χ1v) is 7.07. The van der Waals surface area contributed by atoms with Crippen molar-refractivity contribution in [3.63, 3.8) is 0 Å². The largest absolute Gasteiger partial charge is 0.443 e. The fourth-order valence-corrected chi connectivity index (χ4v) is 2.68. The number of carbonyl (C=O) groups excluding carboxylic acids is 1. The van der Waals surface area contributed by atoms with Gasteiger partial charge in [0.05, 0.1) is 9.77 Å². The molecule has 0 N–H and O–H groups in total. The molecule has 18 heavy (non-hydrogen) atoms. The summed E-state index contributed by atoms with van der Waals surface area (Å²) in [4.78, 5) is 13.9. The minimum absolute atomic E-state index is 0.297. The Morgan fingerprint density at radius 1 is 1.50 bits per heavy atom. The van der Waals surface area contributed by atoms with Gasteiger partial charge in [0.1, 0.15) is 11.4 Å². The number of aromatic nitrogens is 2. The van der Waals surface area contributed by atoms with E-state index in [1.54, 1.807) is 11.1 Å². The summed E-state index contributed by atoms with van der Waals surface area (Å²) in [5.41, 5.74) is -0.478. The Morgan fingerprint density at radius 3 is 2.78 bits per heavy atom. The standard InChI is InChI=1S/C12H18IN3O2/c1-8-6-15(11(17)18-12(2,3)4)10-9(13)5-14-16(10)7-8/h5,8H,6-7H2,1-4H3. The van der Waals surface area contributed by atoms with E-state index in [1.165, 1.54) is 0 Å². The number of nitrogens with zero attached hydrogens (tertiary/aromatic N) is 3. The second kappa shape index (κ2) is 4.71. The molecule has 2 rings (SSSR count). The molecule has 6 heteroatoms. The van der Waals surface area contributed by atoms with E-state index < -0.39 is 5.60 Å². The van der Waals surface area contributed by atoms with Gasteiger partial charge in [-0.2, -0.15) is 5.10 Å². The van der Waals surface area contributed by atoms with Gasteiger partial charge in [-0.05, 0) is 49.3 Å². The number of rotatable bonds is 0. The van der Waals surface area contributed by atoms with Crippen molar-refractivity contribution in [2.45, 2.75) is 39.8 Å². The summed E-state index contributed by atoms with van der Waals surface area (Å²) < 4.78 is 8.30. The zero-order chi connectivity index (χ0) is 13.5. The first kappa shape index (κ1) is 13.6. The predicted molar refractivity (Wildman–Crippen MR) is 77.7 cm³/mol. The Hall–Kier alpha value is -0.790. The van der Waals surface area contributed by atoms with Gasteiger partial charge >= 0.3 is 6.09 Å². The van der Waals surface area contributed by atoms with Crippen LogP contribution in [0.1, 0.15) is 27.7 Å². The van der Waals surface area contributed by atoms with E-state index in [-0.39, 0.29) is 6.09 Å². The van der Waals surface area contributed by atoms with Crippen LogP contribution < -0.4 is 4.90 Å². The molecule has 0 saturated heterocycles. The molecule has 0 aromatic carbocycles. The Balaban J connectivity index is 2.28. The maximum absolute atomic E-state index is 12.2. The maximum atomic E-state index is 12.2. The maximum Gasteiger partial charge on any atom is 0.416 e. The molecular formula is C12H18IN3O2. The summed E-state index contributed by atoms with van der Waals surface area (Å²) >= 11 is 2.20. The van der Waals surface area contributed by atoms with Crippen LogP contribution in [0, 0.1) is 9.49 Å². The van der Waals surface area contributed by atoms with Crippen LogP contribution in [0.2, 0.25) is 0 Å². The van der Waals surface area contributed by atoms with Gasteiger partial charge in [-0.15, -0.1) is 0 Å². The molecule has 1 aromatic rings. The van der Waals surface area contributed by atoms with E-state index in [0.717, 1.165) is 15.9 Å². The lowest BCUT2D eigenvalue weighted by Gasteiger charge is -2.33. The first-order valence-electron chi connectivity index (χ1n) is 6.00. The molecule has 2 heterocycles. The normalized spacial score (nSPS) is 19.6. The molecule has 0 saturated carbocycles. The molecule has 0 aliphatic carbocycles. The molecule has 1 amide bonds. The second-order valence-electron chi connectivity index (χ2n) is 5.69. The van der Waals surface area contributed by atoms with Crippen molar-refractivity contribution >= 4 is 34.5 Å². The Morgan fingerprint density at radius 2 is 2.17 bits per heavy atom. The summed E-state index contributed by atoms with van der Waals surface area (Å²) in [6, 6.07) is 0. The van der Waals surface area contributed by atoms with Gasteiger partial charge in [0.2, 0.25) is 0 Å². The molecule has 100 valence electrons. The predicted octanol–water partition coefficient (Wildman–Crippen LogP) is 2.88. The van der Waals surface area contributed by atoms with Crippen LogP contribution in [0.15, 0.2) is 6.20 Å². The molecule has 0 radical (unpaired) electrons. The molecule has 1 aliphatic heterocycles. The average molecular weight is 363 g/mol. The van der Waals surface area contributed by atoms with Gasteiger partial charge in [-0.1, -0.05) is 6.92 Å². The number of hydrogen-bond acceptors (Lipinski definition) is 3. The molecule has 1 aromatic heterocycles. The van der Waals surface area contributed by atoms with Gasteiger partial charge in [0, 0.05) is 13.1 Å². The minimum atomic E-state index is -0.478. The van der Waals surface area contributed by atoms with E-state index in [2.05, 4.69) is 34.6 Å². The average Bonchev–Trinajstić information content (AvgIpc) is 2.56. The van der Waals surface area contributed by atoms with Crippen LogP contribution in [0.4, 0.5) is 10.6 Å². The molecule has 5 nitrogen and oxygen atoms in total. The lowest BCUT2D eigenvalue weighted by Crippen LogP contribution is -2.44. The highest BCUT2D eigenvalue weighted by molar-refractivity contribution is 14.1. The van der Waals surface area contributed by atoms with Crippen molar-refractivity contribution < 1.29 is 9.53 Å². The summed E-state index contributed by atoms with van der Waals surface area (Å²) in [6.45, 7) is 9.25. The Labute approximate surface area is 121 Å². The fraction of sp³-hybridized carbons (Fsp3) is 0.667. The van der Waals surface area contributed by atoms with Crippen LogP contribution in [-0.2, 0) is 11.3 Å². The first-order chi connectivity index (χ1) is 8.28. The topological polar surface area (TPSA) is 47.4 Å². The molecular weight excluding hydrogens is 345 g/mol. The van der Waals surface area contributed by atoms with Crippen molar-refractivity contribution in [2.75, 3.05) is 11.4 Å². The van der Waals surface area contributed by atoms with Crippen LogP contribution >= 0.6 is 22.6 Å². The van der Waals surface area contributed by atoms with E-state index in [9.17, 15) is 4.79 Å². The van der Waals surface area contributed by atoms with Crippen LogP contribution in [0.5, 0.6) is 0 Å². The number of anilines is 1. The zero-order valence-corrected chi connectivity index (χ0v) is 13.3. The lowest BCUT2D eigenvalue weighted by molar-refractivity contribution is 0.0564. The molecule has 0 bridgehead atoms. The lowest BCUT2D eigenvalue weighted by atomic mass is 10.1. The van der Waals surface area contributed by atoms with Gasteiger partial charge in [0.25, 0.3) is 0 Å². The Kier molecular flexibility index (Phi) is 3.57. The van der Waals surface area contributed by atoms with Crippen molar-refractivity contribution in [2.24, 2.45) is 5.92 Å². The SMILES string of the molecule is CC1CN(C(=O)OC(C)(C)C)c2c(I)cnn2C1. The van der Waals surface area contributed by atoms with Gasteiger partial charge < -0.3 is 4.74 Å². The summed E-state index contributed by atoms with van der Waals surface area (Å²) in [6.07, 6.45) is 1.49. The second-order valence-corrected chi connectivity index (χ2v) is 6.86. The molecule has 0 fully saturated rings. The van der Waals surface area contributed by atoms with Crippen molar-refractivity contribution in [1.82, 2.24) is 9.78 Å². The van der Waals surface area contributed by atoms with Crippen LogP contribution in [0.3, 0.4) is 0 Å². The highest BCUT2D eigenvalue weighted by Gasteiger charge is 2.32. The third-order valence-electron chi connectivity index (χ3n) is 2.62. The van der Waals surface area contributed by atoms with E-state index in [0.29, 0.717) is 12.5 Å². The molecule has 1 unspecified atom stereocenters. The summed E-state index contributed by atoms with van der Waals surface area (Å²) in [5, 5.41) is 4.30. The number of fused-ring (bicyclic) bond motifs is 1. The Bertz CT molecular complexity index is 464. The highest BCUT2D eigenvalue weighted by Crippen LogP contribution is 2.29. The van der Waals surface area contributed by atoms with Gasteiger partial charge in [-0.25, -0.2) is 9.48 Å². The van der Waals surface area contributed by atoms with Crippen molar-refractivity contribution in [3.8, 4) is 0 Å². The highest BCUT2D eigenvalue weighted by atomic mass is 127. The number of hydrogen-bond donors (Lipinski definition) is 0. The smallest absolute Gasteiger partial charge is 0.416 e. The third-order valence-corrected chi connectivity index (χ3v) is 3.38. The zero-order valence-electron chi connectivity index (χ0n) is 11.1. The van der Waals surface area contributed by atoms with Crippen molar-refractivity contribution in [1.29, 1.82) is 0 Å². The van der Waals surface area contributed by atoms with E-state index in [4.69, 9.17) is 4.74 Å². The summed E-state index contributed by atoms with van der Waals surface area (Å²) in [5.74, 6) is 1.23. The van der Waals surface area contributed by atoms with Crippen LogP contribution in [0.25, 0.3) is 0 Å². The fourth-order valence-electron chi connectivity index (χ4n) is 1.99. The third kappa shape index (κ3) is 2.78. The number of carbonyl (C=O) groups is 1. The number of halogens is 1. The van der Waals surface area contributed by atoms with E-state index in [1.807, 2.05) is 25.5 Å². The van der Waals surface area contributed by atoms with Gasteiger partial charge in [0.15, 0.2) is 0 Å². The van der Waals surface area contributed by atoms with Crippen LogP contribution in [-0.4, -0.2) is 28.0 Å². The monoisotopic (exact) mass is 363 g/mol. The minimum Gasteiger partial charge on any atom is -0.443 e. The van der Waals surface area contributed by atoms with Gasteiger partial charge in [-0.3, -0.25) is 4.90 Å². The van der Waals surface area contributed by atoms with E-state index >= 15 is 0 Å².